The lowest BCUT2D eigenvalue weighted by Crippen LogP contribution is -2.03. The molecule has 0 amide bonds. The van der Waals surface area contributed by atoms with Gasteiger partial charge in [0.25, 0.3) is 0 Å². The second kappa shape index (κ2) is 11.2. The van der Waals surface area contributed by atoms with Gasteiger partial charge in [0.15, 0.2) is 17.5 Å². The SMILES string of the molecule is c1ccc(-c2ccc3ccc(-c4nc(-c5ccccc5)nc(-c5ccccc5-n5c6ccccc6c6ccccc65)n4)cc3c2)cc1. The number of fused-ring (bicyclic) bond motifs is 4. The highest BCUT2D eigenvalue weighted by Crippen LogP contribution is 2.36. The van der Waals surface area contributed by atoms with Gasteiger partial charge in [-0.05, 0) is 58.3 Å². The predicted molar refractivity (Wildman–Crippen MR) is 193 cm³/mol. The van der Waals surface area contributed by atoms with Crippen LogP contribution in [0.3, 0.4) is 0 Å². The number of hydrogen-bond acceptors (Lipinski definition) is 3. The van der Waals surface area contributed by atoms with Crippen molar-refractivity contribution < 1.29 is 0 Å². The van der Waals surface area contributed by atoms with Gasteiger partial charge in [0.2, 0.25) is 0 Å². The molecule has 0 atom stereocenters. The van der Waals surface area contributed by atoms with Gasteiger partial charge in [-0.3, -0.25) is 0 Å². The summed E-state index contributed by atoms with van der Waals surface area (Å²) < 4.78 is 2.33. The Labute approximate surface area is 272 Å². The van der Waals surface area contributed by atoms with Crippen LogP contribution >= 0.6 is 0 Å². The largest absolute Gasteiger partial charge is 0.309 e. The first-order valence-corrected chi connectivity index (χ1v) is 15.8. The number of hydrogen-bond donors (Lipinski definition) is 0. The van der Waals surface area contributed by atoms with Crippen LogP contribution in [-0.2, 0) is 0 Å². The molecule has 0 N–H and O–H groups in total. The van der Waals surface area contributed by atoms with Gasteiger partial charge in [-0.1, -0.05) is 133 Å². The predicted octanol–water partition coefficient (Wildman–Crippen LogP) is 10.8. The molecule has 2 heterocycles. The van der Waals surface area contributed by atoms with Crippen molar-refractivity contribution in [2.24, 2.45) is 0 Å². The molecule has 0 radical (unpaired) electrons. The van der Waals surface area contributed by atoms with Gasteiger partial charge in [-0.15, -0.1) is 0 Å². The van der Waals surface area contributed by atoms with Gasteiger partial charge in [-0.2, -0.15) is 0 Å². The molecule has 0 unspecified atom stereocenters. The fourth-order valence-electron chi connectivity index (χ4n) is 6.58. The van der Waals surface area contributed by atoms with Crippen molar-refractivity contribution in [3.05, 3.63) is 170 Å². The minimum atomic E-state index is 0.629. The summed E-state index contributed by atoms with van der Waals surface area (Å²) in [6.45, 7) is 0. The zero-order valence-electron chi connectivity index (χ0n) is 25.5. The molecule has 0 saturated carbocycles. The maximum Gasteiger partial charge on any atom is 0.166 e. The molecule has 4 nitrogen and oxygen atoms in total. The molecule has 0 aliphatic rings. The van der Waals surface area contributed by atoms with Crippen molar-refractivity contribution in [1.82, 2.24) is 19.5 Å². The fourth-order valence-corrected chi connectivity index (χ4v) is 6.58. The second-order valence-electron chi connectivity index (χ2n) is 11.7. The quantitative estimate of drug-likeness (QED) is 0.197. The van der Waals surface area contributed by atoms with Gasteiger partial charge in [-0.25, -0.2) is 15.0 Å². The normalized spacial score (nSPS) is 11.4. The minimum absolute atomic E-state index is 0.629. The Balaban J connectivity index is 1.26. The van der Waals surface area contributed by atoms with E-state index in [4.69, 9.17) is 15.0 Å². The summed E-state index contributed by atoms with van der Waals surface area (Å²) in [4.78, 5) is 15.3. The minimum Gasteiger partial charge on any atom is -0.309 e. The Kier molecular flexibility index (Phi) is 6.43. The number of aromatic nitrogens is 4. The summed E-state index contributed by atoms with van der Waals surface area (Å²) in [7, 11) is 0. The maximum absolute atomic E-state index is 5.18. The van der Waals surface area contributed by atoms with E-state index in [2.05, 4.69) is 138 Å². The molecule has 0 fully saturated rings. The van der Waals surface area contributed by atoms with Gasteiger partial charge in [0.1, 0.15) is 0 Å². The molecular weight excluding hydrogens is 573 g/mol. The third kappa shape index (κ3) is 4.75. The molecule has 9 rings (SSSR count). The summed E-state index contributed by atoms with van der Waals surface area (Å²) in [5.41, 5.74) is 8.49. The van der Waals surface area contributed by atoms with Gasteiger partial charge < -0.3 is 4.57 Å². The van der Waals surface area contributed by atoms with Crippen molar-refractivity contribution in [3.8, 4) is 51.0 Å². The highest BCUT2D eigenvalue weighted by Gasteiger charge is 2.19. The molecule has 7 aromatic carbocycles. The summed E-state index contributed by atoms with van der Waals surface area (Å²) in [5.74, 6) is 1.91. The molecule has 4 heteroatoms. The highest BCUT2D eigenvalue weighted by atomic mass is 15.1. The maximum atomic E-state index is 5.18. The molecule has 0 aliphatic carbocycles. The van der Waals surface area contributed by atoms with Crippen molar-refractivity contribution in [3.63, 3.8) is 0 Å². The third-order valence-electron chi connectivity index (χ3n) is 8.84. The molecule has 0 saturated heterocycles. The zero-order valence-corrected chi connectivity index (χ0v) is 25.5. The lowest BCUT2D eigenvalue weighted by molar-refractivity contribution is 1.06. The van der Waals surface area contributed by atoms with Crippen LogP contribution in [0.25, 0.3) is 83.6 Å². The number of rotatable bonds is 5. The van der Waals surface area contributed by atoms with Crippen LogP contribution in [-0.4, -0.2) is 19.5 Å². The number of para-hydroxylation sites is 3. The van der Waals surface area contributed by atoms with E-state index in [-0.39, 0.29) is 0 Å². The Bertz CT molecular complexity index is 2520. The van der Waals surface area contributed by atoms with Crippen LogP contribution in [0.5, 0.6) is 0 Å². The van der Waals surface area contributed by atoms with Crippen molar-refractivity contribution in [1.29, 1.82) is 0 Å². The van der Waals surface area contributed by atoms with E-state index in [0.717, 1.165) is 38.8 Å². The van der Waals surface area contributed by atoms with Crippen LogP contribution in [0.2, 0.25) is 0 Å². The van der Waals surface area contributed by atoms with E-state index < -0.39 is 0 Å². The molecule has 0 aliphatic heterocycles. The summed E-state index contributed by atoms with van der Waals surface area (Å²) in [6.07, 6.45) is 0. The Morgan fingerprint density at radius 3 is 1.55 bits per heavy atom. The van der Waals surface area contributed by atoms with Crippen LogP contribution in [0, 0.1) is 0 Å². The lowest BCUT2D eigenvalue weighted by Gasteiger charge is -2.14. The third-order valence-corrected chi connectivity index (χ3v) is 8.84. The average molecular weight is 601 g/mol. The average Bonchev–Trinajstić information content (AvgIpc) is 3.49. The van der Waals surface area contributed by atoms with Crippen LogP contribution in [0.1, 0.15) is 0 Å². The molecule has 0 spiro atoms. The summed E-state index contributed by atoms with van der Waals surface area (Å²) in [6, 6.07) is 59.2. The molecule has 2 aromatic heterocycles. The number of nitrogens with zero attached hydrogens (tertiary/aromatic N) is 4. The van der Waals surface area contributed by atoms with Crippen molar-refractivity contribution in [2.75, 3.05) is 0 Å². The second-order valence-corrected chi connectivity index (χ2v) is 11.7. The smallest absolute Gasteiger partial charge is 0.166 e. The Morgan fingerprint density at radius 1 is 0.340 bits per heavy atom. The first-order chi connectivity index (χ1) is 23.3. The number of benzene rings is 7. The zero-order chi connectivity index (χ0) is 31.2. The molecule has 9 aromatic rings. The standard InChI is InChI=1S/C43H28N4/c1-3-13-29(14-4-1)32-25-23-30-24-26-33(28-34(30)27-32)42-44-41(31-15-5-2-6-16-31)45-43(46-42)37-19-9-12-22-40(37)47-38-20-10-7-17-35(38)36-18-8-11-21-39(36)47/h1-28H. The highest BCUT2D eigenvalue weighted by molar-refractivity contribution is 6.09. The van der Waals surface area contributed by atoms with Crippen LogP contribution in [0.15, 0.2) is 170 Å². The molecular formula is C43H28N4. The van der Waals surface area contributed by atoms with Gasteiger partial charge >= 0.3 is 0 Å². The fraction of sp³-hybridized carbons (Fsp3) is 0. The van der Waals surface area contributed by atoms with E-state index >= 15 is 0 Å². The van der Waals surface area contributed by atoms with Gasteiger partial charge in [0, 0.05) is 27.5 Å². The summed E-state index contributed by atoms with van der Waals surface area (Å²) >= 11 is 0. The Morgan fingerprint density at radius 2 is 0.851 bits per heavy atom. The van der Waals surface area contributed by atoms with Gasteiger partial charge in [0.05, 0.1) is 16.7 Å². The van der Waals surface area contributed by atoms with E-state index in [9.17, 15) is 0 Å². The topological polar surface area (TPSA) is 43.6 Å². The van der Waals surface area contributed by atoms with E-state index in [1.165, 1.54) is 27.3 Å². The van der Waals surface area contributed by atoms with E-state index in [1.54, 1.807) is 0 Å². The Hall–Kier alpha value is -6.39. The first-order valence-electron chi connectivity index (χ1n) is 15.8. The monoisotopic (exact) mass is 600 g/mol. The molecule has 47 heavy (non-hydrogen) atoms. The lowest BCUT2D eigenvalue weighted by atomic mass is 10.00. The molecule has 220 valence electrons. The molecule has 0 bridgehead atoms. The summed E-state index contributed by atoms with van der Waals surface area (Å²) in [5, 5.41) is 4.73. The van der Waals surface area contributed by atoms with Crippen molar-refractivity contribution in [2.45, 2.75) is 0 Å². The van der Waals surface area contributed by atoms with Crippen LogP contribution in [0.4, 0.5) is 0 Å². The van der Waals surface area contributed by atoms with E-state index in [0.29, 0.717) is 17.5 Å². The van der Waals surface area contributed by atoms with E-state index in [1.807, 2.05) is 36.4 Å². The van der Waals surface area contributed by atoms with Crippen LogP contribution < -0.4 is 0 Å². The first kappa shape index (κ1) is 27.0. The van der Waals surface area contributed by atoms with Crippen molar-refractivity contribution >= 4 is 32.6 Å².